The van der Waals surface area contributed by atoms with E-state index < -0.39 is 0 Å². The van der Waals surface area contributed by atoms with Gasteiger partial charge in [0, 0.05) is 50.3 Å². The molecule has 1 aromatic heterocycles. The molecular weight excluding hydrogens is 317 g/mol. The predicted octanol–water partition coefficient (Wildman–Crippen LogP) is 1.98. The quantitative estimate of drug-likeness (QED) is 0.834. The van der Waals surface area contributed by atoms with Gasteiger partial charge in [-0.05, 0) is 12.1 Å². The van der Waals surface area contributed by atoms with E-state index in [0.29, 0.717) is 6.42 Å². The smallest absolute Gasteiger partial charge is 0.223 e. The van der Waals surface area contributed by atoms with Gasteiger partial charge in [0.15, 0.2) is 0 Å². The molecule has 1 saturated heterocycles. The largest absolute Gasteiger partial charge is 0.340 e. The van der Waals surface area contributed by atoms with Gasteiger partial charge in [0.1, 0.15) is 0 Å². The number of hydrogen-bond acceptors (Lipinski definition) is 4. The first-order chi connectivity index (χ1) is 8.86. The Morgan fingerprint density at radius 3 is 2.70 bits per heavy atom. The monoisotopic (exact) mass is 337 g/mol. The van der Waals surface area contributed by atoms with Crippen molar-refractivity contribution in [2.24, 2.45) is 0 Å². The first-order valence-electron chi connectivity index (χ1n) is 6.32. The second-order valence-electron chi connectivity index (χ2n) is 4.25. The number of nitrogens with zero attached hydrogens (tertiary/aromatic N) is 2. The van der Waals surface area contributed by atoms with E-state index in [4.69, 9.17) is 0 Å². The molecule has 0 aliphatic carbocycles. The summed E-state index contributed by atoms with van der Waals surface area (Å²) < 4.78 is 0. The second kappa shape index (κ2) is 11.2. The van der Waals surface area contributed by atoms with Crippen molar-refractivity contribution in [2.75, 3.05) is 31.9 Å². The summed E-state index contributed by atoms with van der Waals surface area (Å²) in [5, 5.41) is 3.25. The van der Waals surface area contributed by atoms with Crippen molar-refractivity contribution in [3.8, 4) is 0 Å². The van der Waals surface area contributed by atoms with Crippen LogP contribution in [0.1, 0.15) is 12.1 Å². The van der Waals surface area contributed by atoms with Gasteiger partial charge in [0.05, 0.1) is 5.69 Å². The van der Waals surface area contributed by atoms with Gasteiger partial charge in [-0.1, -0.05) is 6.07 Å². The molecule has 0 radical (unpaired) electrons. The highest BCUT2D eigenvalue weighted by Gasteiger charge is 2.15. The first kappa shape index (κ1) is 19.5. The lowest BCUT2D eigenvalue weighted by Gasteiger charge is -2.27. The Labute approximate surface area is 136 Å². The van der Waals surface area contributed by atoms with Crippen LogP contribution < -0.4 is 5.32 Å². The van der Waals surface area contributed by atoms with Crippen LogP contribution in [-0.4, -0.2) is 47.7 Å². The van der Waals surface area contributed by atoms with Gasteiger partial charge < -0.3 is 10.2 Å². The van der Waals surface area contributed by atoms with Crippen molar-refractivity contribution in [3.63, 3.8) is 0 Å². The highest BCUT2D eigenvalue weighted by atomic mass is 35.5. The second-order valence-corrected chi connectivity index (χ2v) is 5.36. The van der Waals surface area contributed by atoms with E-state index in [1.807, 2.05) is 29.3 Å². The summed E-state index contributed by atoms with van der Waals surface area (Å²) >= 11 is 1.77. The first-order valence-corrected chi connectivity index (χ1v) is 7.48. The average Bonchev–Trinajstić information content (AvgIpc) is 2.45. The van der Waals surface area contributed by atoms with Crippen LogP contribution in [0.25, 0.3) is 0 Å². The number of nitrogens with one attached hydrogen (secondary N) is 1. The van der Waals surface area contributed by atoms with E-state index in [1.54, 1.807) is 11.8 Å². The lowest BCUT2D eigenvalue weighted by Crippen LogP contribution is -2.46. The van der Waals surface area contributed by atoms with Gasteiger partial charge in [0.2, 0.25) is 5.91 Å². The summed E-state index contributed by atoms with van der Waals surface area (Å²) in [7, 11) is 0. The molecule has 20 heavy (non-hydrogen) atoms. The lowest BCUT2D eigenvalue weighted by atomic mass is 10.3. The van der Waals surface area contributed by atoms with E-state index in [1.165, 1.54) is 0 Å². The van der Waals surface area contributed by atoms with Gasteiger partial charge in [-0.3, -0.25) is 9.78 Å². The molecule has 0 bridgehead atoms. The molecule has 1 aromatic rings. The number of halogens is 2. The molecule has 0 unspecified atom stereocenters. The van der Waals surface area contributed by atoms with Crippen LogP contribution in [-0.2, 0) is 10.5 Å². The minimum atomic E-state index is 0. The minimum Gasteiger partial charge on any atom is -0.340 e. The number of pyridine rings is 1. The molecule has 114 valence electrons. The maximum Gasteiger partial charge on any atom is 0.223 e. The summed E-state index contributed by atoms with van der Waals surface area (Å²) in [6.45, 7) is 3.55. The molecule has 1 amide bonds. The van der Waals surface area contributed by atoms with Crippen molar-refractivity contribution in [1.82, 2.24) is 15.2 Å². The highest BCUT2D eigenvalue weighted by Crippen LogP contribution is 2.11. The minimum absolute atomic E-state index is 0. The Bertz CT molecular complexity index is 375. The standard InChI is InChI=1S/C13H19N3OS.2ClH/c17-13(16-8-6-14-7-9-16)4-10-18-11-12-3-1-2-5-15-12;;/h1-3,5,14H,4,6-11H2;2*1H. The summed E-state index contributed by atoms with van der Waals surface area (Å²) in [6, 6.07) is 5.93. The number of carbonyl (C=O) groups excluding carboxylic acids is 1. The molecule has 0 atom stereocenters. The summed E-state index contributed by atoms with van der Waals surface area (Å²) in [6.07, 6.45) is 2.44. The molecule has 2 rings (SSSR count). The highest BCUT2D eigenvalue weighted by molar-refractivity contribution is 7.98. The fraction of sp³-hybridized carbons (Fsp3) is 0.538. The molecule has 0 spiro atoms. The van der Waals surface area contributed by atoms with Crippen molar-refractivity contribution in [3.05, 3.63) is 30.1 Å². The van der Waals surface area contributed by atoms with E-state index >= 15 is 0 Å². The number of hydrogen-bond donors (Lipinski definition) is 1. The topological polar surface area (TPSA) is 45.2 Å². The Morgan fingerprint density at radius 2 is 2.05 bits per heavy atom. The van der Waals surface area contributed by atoms with Crippen molar-refractivity contribution < 1.29 is 4.79 Å². The third-order valence-electron chi connectivity index (χ3n) is 2.91. The molecule has 1 N–H and O–H groups in total. The molecule has 7 heteroatoms. The van der Waals surface area contributed by atoms with Gasteiger partial charge in [-0.25, -0.2) is 0 Å². The number of carbonyl (C=O) groups is 1. The van der Waals surface area contributed by atoms with Gasteiger partial charge in [-0.2, -0.15) is 11.8 Å². The molecule has 0 saturated carbocycles. The molecule has 1 fully saturated rings. The number of rotatable bonds is 5. The number of amides is 1. The van der Waals surface area contributed by atoms with Gasteiger partial charge in [-0.15, -0.1) is 24.8 Å². The zero-order valence-electron chi connectivity index (χ0n) is 11.3. The number of aromatic nitrogens is 1. The van der Waals surface area contributed by atoms with Crippen LogP contribution in [0.3, 0.4) is 0 Å². The van der Waals surface area contributed by atoms with E-state index in [0.717, 1.165) is 43.4 Å². The molecule has 4 nitrogen and oxygen atoms in total. The zero-order valence-corrected chi connectivity index (χ0v) is 13.7. The lowest BCUT2D eigenvalue weighted by molar-refractivity contribution is -0.131. The summed E-state index contributed by atoms with van der Waals surface area (Å²) in [5.74, 6) is 2.04. The fourth-order valence-electron chi connectivity index (χ4n) is 1.89. The Morgan fingerprint density at radius 1 is 1.30 bits per heavy atom. The molecule has 1 aliphatic heterocycles. The predicted molar refractivity (Wildman–Crippen MR) is 89.0 cm³/mol. The van der Waals surface area contributed by atoms with Gasteiger partial charge >= 0.3 is 0 Å². The maximum absolute atomic E-state index is 11.9. The third kappa shape index (κ3) is 6.79. The third-order valence-corrected chi connectivity index (χ3v) is 3.90. The summed E-state index contributed by atoms with van der Waals surface area (Å²) in [5.41, 5.74) is 1.08. The summed E-state index contributed by atoms with van der Waals surface area (Å²) in [4.78, 5) is 18.1. The number of piperazine rings is 1. The van der Waals surface area contributed by atoms with Crippen LogP contribution in [0.2, 0.25) is 0 Å². The van der Waals surface area contributed by atoms with E-state index in [9.17, 15) is 4.79 Å². The average molecular weight is 338 g/mol. The van der Waals surface area contributed by atoms with Crippen molar-refractivity contribution in [1.29, 1.82) is 0 Å². The Balaban J connectivity index is 0.00000180. The number of thioether (sulfide) groups is 1. The van der Waals surface area contributed by atoms with Gasteiger partial charge in [0.25, 0.3) is 0 Å². The Kier molecular flexibility index (Phi) is 10.9. The fourth-order valence-corrected chi connectivity index (χ4v) is 2.74. The molecule has 2 heterocycles. The SMILES string of the molecule is Cl.Cl.O=C(CCSCc1ccccn1)N1CCNCC1. The molecule has 1 aliphatic rings. The van der Waals surface area contributed by atoms with Crippen molar-refractivity contribution >= 4 is 42.5 Å². The Hall–Kier alpha value is -0.490. The van der Waals surface area contributed by atoms with Crippen LogP contribution in [0.5, 0.6) is 0 Å². The van der Waals surface area contributed by atoms with Crippen molar-refractivity contribution in [2.45, 2.75) is 12.2 Å². The van der Waals surface area contributed by atoms with Crippen LogP contribution >= 0.6 is 36.6 Å². The normalized spacial score (nSPS) is 14.1. The molecule has 0 aromatic carbocycles. The maximum atomic E-state index is 11.9. The van der Waals surface area contributed by atoms with E-state index in [2.05, 4.69) is 10.3 Å². The van der Waals surface area contributed by atoms with Crippen LogP contribution in [0.4, 0.5) is 0 Å². The van der Waals surface area contributed by atoms with Crippen LogP contribution in [0, 0.1) is 0 Å². The van der Waals surface area contributed by atoms with E-state index in [-0.39, 0.29) is 30.7 Å². The van der Waals surface area contributed by atoms with Crippen LogP contribution in [0.15, 0.2) is 24.4 Å². The molecular formula is C13H21Cl2N3OS. The zero-order chi connectivity index (χ0) is 12.6.